The third-order valence-corrected chi connectivity index (χ3v) is 2.72. The average Bonchev–Trinajstić information content (AvgIpc) is 2.59. The highest BCUT2D eigenvalue weighted by molar-refractivity contribution is 5.88. The number of rotatable bonds is 2. The van der Waals surface area contributed by atoms with Gasteiger partial charge in [0, 0.05) is 17.1 Å². The highest BCUT2D eigenvalue weighted by atomic mass is 16.4. The molecule has 0 saturated carbocycles. The van der Waals surface area contributed by atoms with E-state index in [4.69, 9.17) is 5.11 Å². The first-order valence-corrected chi connectivity index (χ1v) is 5.20. The van der Waals surface area contributed by atoms with E-state index in [0.717, 1.165) is 11.4 Å². The zero-order chi connectivity index (χ0) is 12.6. The van der Waals surface area contributed by atoms with Crippen LogP contribution in [-0.4, -0.2) is 15.6 Å². The maximum Gasteiger partial charge on any atom is 0.335 e. The lowest BCUT2D eigenvalue weighted by atomic mass is 10.2. The van der Waals surface area contributed by atoms with Gasteiger partial charge in [0.25, 0.3) is 0 Å². The molecule has 0 aliphatic carbocycles. The van der Waals surface area contributed by atoms with Crippen molar-refractivity contribution in [3.05, 3.63) is 47.3 Å². The third kappa shape index (κ3) is 1.89. The molecule has 0 fully saturated rings. The van der Waals surface area contributed by atoms with Gasteiger partial charge in [-0.05, 0) is 38.1 Å². The summed E-state index contributed by atoms with van der Waals surface area (Å²) in [7, 11) is 0. The molecule has 0 bridgehead atoms. The predicted molar refractivity (Wildman–Crippen MR) is 61.6 cm³/mol. The number of carbonyl (C=O) groups is 1. The van der Waals surface area contributed by atoms with E-state index in [1.165, 1.54) is 18.2 Å². The van der Waals surface area contributed by atoms with Crippen LogP contribution in [-0.2, 0) is 0 Å². The molecule has 0 aliphatic rings. The first-order valence-electron chi connectivity index (χ1n) is 5.20. The highest BCUT2D eigenvalue weighted by Crippen LogP contribution is 2.24. The number of aryl methyl sites for hydroxylation is 2. The van der Waals surface area contributed by atoms with Crippen molar-refractivity contribution < 1.29 is 15.0 Å². The molecule has 2 rings (SSSR count). The fourth-order valence-corrected chi connectivity index (χ4v) is 1.87. The molecule has 17 heavy (non-hydrogen) atoms. The molecule has 1 aromatic carbocycles. The van der Waals surface area contributed by atoms with Crippen LogP contribution < -0.4 is 5.11 Å². The second kappa shape index (κ2) is 3.97. The van der Waals surface area contributed by atoms with Crippen LogP contribution in [0.5, 0.6) is 5.75 Å². The van der Waals surface area contributed by atoms with Gasteiger partial charge in [0.05, 0.1) is 5.56 Å². The zero-order valence-electron chi connectivity index (χ0n) is 9.60. The lowest BCUT2D eigenvalue weighted by Gasteiger charge is -2.18. The van der Waals surface area contributed by atoms with Crippen LogP contribution in [0.2, 0.25) is 0 Å². The normalized spacial score (nSPS) is 10.5. The number of hydrogen-bond donors (Lipinski definition) is 1. The summed E-state index contributed by atoms with van der Waals surface area (Å²) >= 11 is 0. The summed E-state index contributed by atoms with van der Waals surface area (Å²) < 4.78 is 1.76. The Balaban J connectivity index is 2.66. The van der Waals surface area contributed by atoms with Crippen molar-refractivity contribution in [2.75, 3.05) is 0 Å². The molecule has 1 aromatic heterocycles. The largest absolute Gasteiger partial charge is 0.871 e. The summed E-state index contributed by atoms with van der Waals surface area (Å²) in [5.74, 6) is -1.22. The van der Waals surface area contributed by atoms with E-state index in [1.54, 1.807) is 4.57 Å². The van der Waals surface area contributed by atoms with Crippen LogP contribution in [0.3, 0.4) is 0 Å². The standard InChI is InChI=1S/C13H13NO3/c1-8-3-4-9(2)14(8)11-7-10(13(16)17)5-6-12(11)15/h3-7,15H,1-2H3,(H,16,17)/p-1. The van der Waals surface area contributed by atoms with Crippen molar-refractivity contribution in [1.29, 1.82) is 0 Å². The number of nitrogens with zero attached hydrogens (tertiary/aromatic N) is 1. The maximum absolute atomic E-state index is 11.8. The summed E-state index contributed by atoms with van der Waals surface area (Å²) in [5, 5.41) is 20.7. The molecule has 1 heterocycles. The van der Waals surface area contributed by atoms with Crippen molar-refractivity contribution in [1.82, 2.24) is 4.57 Å². The van der Waals surface area contributed by atoms with E-state index in [-0.39, 0.29) is 11.3 Å². The predicted octanol–water partition coefficient (Wildman–Crippen LogP) is 1.87. The lowest BCUT2D eigenvalue weighted by molar-refractivity contribution is -0.268. The van der Waals surface area contributed by atoms with E-state index < -0.39 is 5.97 Å². The lowest BCUT2D eigenvalue weighted by Crippen LogP contribution is -2.06. The van der Waals surface area contributed by atoms with E-state index in [9.17, 15) is 9.90 Å². The number of carboxylic acids is 1. The molecule has 4 heteroatoms. The van der Waals surface area contributed by atoms with Crippen molar-refractivity contribution in [2.24, 2.45) is 0 Å². The minimum absolute atomic E-state index is 0.118. The molecule has 88 valence electrons. The van der Waals surface area contributed by atoms with Gasteiger partial charge in [0.15, 0.2) is 0 Å². The van der Waals surface area contributed by atoms with E-state index in [0.29, 0.717) is 5.69 Å². The van der Waals surface area contributed by atoms with Gasteiger partial charge in [-0.2, -0.15) is 0 Å². The van der Waals surface area contributed by atoms with E-state index >= 15 is 0 Å². The Morgan fingerprint density at radius 1 is 1.18 bits per heavy atom. The molecular formula is C13H12NO3-. The van der Waals surface area contributed by atoms with Gasteiger partial charge >= 0.3 is 5.97 Å². The van der Waals surface area contributed by atoms with Crippen molar-refractivity contribution in [3.8, 4) is 11.4 Å². The Kier molecular flexibility index (Phi) is 2.63. The Labute approximate surface area is 98.8 Å². The molecule has 0 atom stereocenters. The summed E-state index contributed by atoms with van der Waals surface area (Å²) in [5.41, 5.74) is 2.31. The SMILES string of the molecule is Cc1ccc(C)n1-c1cc(C(=O)O)ccc1[O-]. The second-order valence-corrected chi connectivity index (χ2v) is 3.94. The fourth-order valence-electron chi connectivity index (χ4n) is 1.87. The molecule has 1 N–H and O–H groups in total. The number of benzene rings is 1. The zero-order valence-corrected chi connectivity index (χ0v) is 9.60. The van der Waals surface area contributed by atoms with Crippen molar-refractivity contribution in [3.63, 3.8) is 0 Å². The van der Waals surface area contributed by atoms with Gasteiger partial charge in [-0.15, -0.1) is 0 Å². The summed E-state index contributed by atoms with van der Waals surface area (Å²) in [6.45, 7) is 3.75. The summed E-state index contributed by atoms with van der Waals surface area (Å²) in [6, 6.07) is 7.80. The fraction of sp³-hybridized carbons (Fsp3) is 0.154. The molecule has 0 saturated heterocycles. The topological polar surface area (TPSA) is 65.3 Å². The number of hydrogen-bond acceptors (Lipinski definition) is 2. The maximum atomic E-state index is 11.8. The van der Waals surface area contributed by atoms with Crippen LogP contribution in [0.25, 0.3) is 5.69 Å². The highest BCUT2D eigenvalue weighted by Gasteiger charge is 2.08. The van der Waals surface area contributed by atoms with Crippen LogP contribution in [0, 0.1) is 13.8 Å². The van der Waals surface area contributed by atoms with Gasteiger partial charge < -0.3 is 14.8 Å². The van der Waals surface area contributed by atoms with Gasteiger partial charge in [0.1, 0.15) is 0 Å². The van der Waals surface area contributed by atoms with Gasteiger partial charge in [-0.25, -0.2) is 4.79 Å². The molecule has 0 aliphatic heterocycles. The van der Waals surface area contributed by atoms with Crippen LogP contribution >= 0.6 is 0 Å². The molecule has 0 radical (unpaired) electrons. The molecular weight excluding hydrogens is 218 g/mol. The Morgan fingerprint density at radius 3 is 2.29 bits per heavy atom. The Hall–Kier alpha value is -2.23. The summed E-state index contributed by atoms with van der Waals surface area (Å²) in [4.78, 5) is 10.9. The van der Waals surface area contributed by atoms with Gasteiger partial charge in [-0.3, -0.25) is 0 Å². The monoisotopic (exact) mass is 230 g/mol. The third-order valence-electron chi connectivity index (χ3n) is 2.72. The molecule has 0 unspecified atom stereocenters. The summed E-state index contributed by atoms with van der Waals surface area (Å²) in [6.07, 6.45) is 0. The average molecular weight is 230 g/mol. The quantitative estimate of drug-likeness (QED) is 0.856. The number of aromatic nitrogens is 1. The van der Waals surface area contributed by atoms with Gasteiger partial charge in [-0.1, -0.05) is 11.8 Å². The molecule has 2 aromatic rings. The van der Waals surface area contributed by atoms with E-state index in [2.05, 4.69) is 0 Å². The van der Waals surface area contributed by atoms with Crippen LogP contribution in [0.15, 0.2) is 30.3 Å². The second-order valence-electron chi connectivity index (χ2n) is 3.94. The smallest absolute Gasteiger partial charge is 0.335 e. The van der Waals surface area contributed by atoms with Crippen LogP contribution in [0.4, 0.5) is 0 Å². The molecule has 0 amide bonds. The number of aromatic carboxylic acids is 1. The van der Waals surface area contributed by atoms with Crippen molar-refractivity contribution in [2.45, 2.75) is 13.8 Å². The minimum Gasteiger partial charge on any atom is -0.871 e. The molecule has 0 spiro atoms. The van der Waals surface area contributed by atoms with Crippen LogP contribution in [0.1, 0.15) is 21.7 Å². The number of carboxylic acid groups (broad SMARTS) is 1. The Bertz CT molecular complexity index is 565. The minimum atomic E-state index is -1.03. The Morgan fingerprint density at radius 2 is 1.76 bits per heavy atom. The van der Waals surface area contributed by atoms with E-state index in [1.807, 2.05) is 26.0 Å². The first kappa shape index (κ1) is 11.3. The van der Waals surface area contributed by atoms with Crippen molar-refractivity contribution >= 4 is 5.97 Å². The molecule has 4 nitrogen and oxygen atoms in total. The first-order chi connectivity index (χ1) is 8.00. The van der Waals surface area contributed by atoms with Gasteiger partial charge in [0.2, 0.25) is 0 Å².